The number of hydrogen-bond donors (Lipinski definition) is 4. The zero-order valence-corrected chi connectivity index (χ0v) is 8.44. The molecule has 0 aliphatic carbocycles. The van der Waals surface area contributed by atoms with Crippen LogP contribution in [0.15, 0.2) is 12.4 Å². The van der Waals surface area contributed by atoms with Gasteiger partial charge in [-0.05, 0) is 25.8 Å². The molecular formula is C9H16N4O2. The van der Waals surface area contributed by atoms with E-state index < -0.39 is 12.0 Å². The molecule has 1 heterocycles. The summed E-state index contributed by atoms with van der Waals surface area (Å²) in [5, 5.41) is 18.2. The van der Waals surface area contributed by atoms with Gasteiger partial charge in [-0.2, -0.15) is 5.10 Å². The Bertz CT molecular complexity index is 286. The summed E-state index contributed by atoms with van der Waals surface area (Å²) in [7, 11) is 0. The quantitative estimate of drug-likeness (QED) is 0.490. The van der Waals surface area contributed by atoms with E-state index in [2.05, 4.69) is 15.5 Å². The number of nitrogens with zero attached hydrogens (tertiary/aromatic N) is 1. The lowest BCUT2D eigenvalue weighted by atomic mass is 10.1. The summed E-state index contributed by atoms with van der Waals surface area (Å²) in [5.74, 6) is -0.853. The second-order valence-electron chi connectivity index (χ2n) is 3.31. The summed E-state index contributed by atoms with van der Waals surface area (Å²) in [6.07, 6.45) is 5.39. The number of aromatic nitrogens is 2. The summed E-state index contributed by atoms with van der Waals surface area (Å²) in [4.78, 5) is 10.9. The van der Waals surface area contributed by atoms with Gasteiger partial charge in [0.2, 0.25) is 0 Å². The number of aromatic amines is 1. The van der Waals surface area contributed by atoms with E-state index in [0.29, 0.717) is 18.7 Å². The summed E-state index contributed by atoms with van der Waals surface area (Å²) >= 11 is 0. The van der Waals surface area contributed by atoms with E-state index in [1.165, 1.54) is 0 Å². The number of anilines is 1. The molecule has 0 fully saturated rings. The zero-order chi connectivity index (χ0) is 11.1. The molecule has 5 N–H and O–H groups in total. The van der Waals surface area contributed by atoms with Gasteiger partial charge >= 0.3 is 5.97 Å². The first-order valence-corrected chi connectivity index (χ1v) is 4.92. The number of hydrogen-bond acceptors (Lipinski definition) is 4. The molecule has 0 unspecified atom stereocenters. The van der Waals surface area contributed by atoms with E-state index in [4.69, 9.17) is 10.8 Å². The second-order valence-corrected chi connectivity index (χ2v) is 3.31. The van der Waals surface area contributed by atoms with E-state index in [-0.39, 0.29) is 0 Å². The van der Waals surface area contributed by atoms with Crippen molar-refractivity contribution >= 4 is 11.7 Å². The molecule has 15 heavy (non-hydrogen) atoms. The van der Waals surface area contributed by atoms with Gasteiger partial charge in [0.1, 0.15) is 6.04 Å². The maximum Gasteiger partial charge on any atom is 0.326 e. The lowest BCUT2D eigenvalue weighted by Gasteiger charge is -2.13. The van der Waals surface area contributed by atoms with Crippen LogP contribution in [0.1, 0.15) is 19.3 Å². The lowest BCUT2D eigenvalue weighted by molar-refractivity contribution is -0.138. The van der Waals surface area contributed by atoms with Crippen LogP contribution in [-0.2, 0) is 4.79 Å². The summed E-state index contributed by atoms with van der Waals surface area (Å²) in [6.45, 7) is 0.595. The Morgan fingerprint density at radius 1 is 1.67 bits per heavy atom. The van der Waals surface area contributed by atoms with E-state index >= 15 is 0 Å². The van der Waals surface area contributed by atoms with Crippen LogP contribution in [0.5, 0.6) is 0 Å². The highest BCUT2D eigenvalue weighted by atomic mass is 16.4. The van der Waals surface area contributed by atoms with Crippen LogP contribution in [0.25, 0.3) is 0 Å². The minimum absolute atomic E-state index is 0.567. The number of carboxylic acid groups (broad SMARTS) is 1. The van der Waals surface area contributed by atoms with Crippen molar-refractivity contribution < 1.29 is 9.90 Å². The van der Waals surface area contributed by atoms with E-state index in [1.54, 1.807) is 12.4 Å². The molecule has 0 bridgehead atoms. The fraction of sp³-hybridized carbons (Fsp3) is 0.556. The van der Waals surface area contributed by atoms with Crippen LogP contribution < -0.4 is 11.1 Å². The normalized spacial score (nSPS) is 12.3. The largest absolute Gasteiger partial charge is 0.480 e. The van der Waals surface area contributed by atoms with Crippen LogP contribution in [0.2, 0.25) is 0 Å². The highest BCUT2D eigenvalue weighted by Crippen LogP contribution is 2.09. The van der Waals surface area contributed by atoms with Crippen LogP contribution in [0.3, 0.4) is 0 Å². The van der Waals surface area contributed by atoms with Gasteiger partial charge in [0.05, 0.1) is 11.9 Å². The third-order valence-corrected chi connectivity index (χ3v) is 2.08. The number of aliphatic carboxylic acids is 1. The molecule has 0 saturated heterocycles. The molecule has 84 valence electrons. The molecule has 0 aliphatic heterocycles. The minimum atomic E-state index is -0.853. The first kappa shape index (κ1) is 11.5. The van der Waals surface area contributed by atoms with Crippen LogP contribution >= 0.6 is 0 Å². The molecule has 0 radical (unpaired) electrons. The van der Waals surface area contributed by atoms with E-state index in [1.807, 2.05) is 0 Å². The molecule has 0 aliphatic rings. The number of unbranched alkanes of at least 4 members (excludes halogenated alkanes) is 1. The number of nitrogens with one attached hydrogen (secondary N) is 2. The van der Waals surface area contributed by atoms with Gasteiger partial charge in [-0.3, -0.25) is 5.10 Å². The molecule has 1 atom stereocenters. The molecule has 1 aromatic heterocycles. The first-order chi connectivity index (χ1) is 7.24. The Morgan fingerprint density at radius 2 is 2.47 bits per heavy atom. The molecular weight excluding hydrogens is 196 g/mol. The first-order valence-electron chi connectivity index (χ1n) is 4.92. The molecule has 0 saturated carbocycles. The van der Waals surface area contributed by atoms with Gasteiger partial charge in [0, 0.05) is 6.20 Å². The molecule has 6 nitrogen and oxygen atoms in total. The van der Waals surface area contributed by atoms with E-state index in [0.717, 1.165) is 12.8 Å². The maximum atomic E-state index is 10.9. The lowest BCUT2D eigenvalue weighted by Crippen LogP contribution is -2.29. The number of carboxylic acids is 1. The summed E-state index contributed by atoms with van der Waals surface area (Å²) in [5.41, 5.74) is 6.03. The van der Waals surface area contributed by atoms with Crippen molar-refractivity contribution in [3.05, 3.63) is 12.4 Å². The van der Waals surface area contributed by atoms with Gasteiger partial charge < -0.3 is 16.2 Å². The minimum Gasteiger partial charge on any atom is -0.480 e. The van der Waals surface area contributed by atoms with Gasteiger partial charge in [0.25, 0.3) is 0 Å². The van der Waals surface area contributed by atoms with Crippen molar-refractivity contribution in [3.63, 3.8) is 0 Å². The SMILES string of the molecule is NCCCC[C@H](Nc1cn[nH]c1)C(=O)O. The zero-order valence-electron chi connectivity index (χ0n) is 8.44. The van der Waals surface area contributed by atoms with Gasteiger partial charge in [-0.15, -0.1) is 0 Å². The van der Waals surface area contributed by atoms with Crippen molar-refractivity contribution in [2.24, 2.45) is 5.73 Å². The summed E-state index contributed by atoms with van der Waals surface area (Å²) in [6, 6.07) is -0.575. The number of nitrogens with two attached hydrogens (primary N) is 1. The smallest absolute Gasteiger partial charge is 0.326 e. The van der Waals surface area contributed by atoms with E-state index in [9.17, 15) is 4.79 Å². The number of rotatable bonds is 7. The second kappa shape index (κ2) is 6.02. The monoisotopic (exact) mass is 212 g/mol. The average Bonchev–Trinajstić information content (AvgIpc) is 2.69. The average molecular weight is 212 g/mol. The van der Waals surface area contributed by atoms with Crippen molar-refractivity contribution in [2.75, 3.05) is 11.9 Å². The third kappa shape index (κ3) is 3.99. The van der Waals surface area contributed by atoms with Crippen molar-refractivity contribution in [1.82, 2.24) is 10.2 Å². The Balaban J connectivity index is 2.40. The highest BCUT2D eigenvalue weighted by molar-refractivity contribution is 5.77. The van der Waals surface area contributed by atoms with Crippen LogP contribution in [0.4, 0.5) is 5.69 Å². The van der Waals surface area contributed by atoms with Crippen molar-refractivity contribution in [1.29, 1.82) is 0 Å². The van der Waals surface area contributed by atoms with Gasteiger partial charge in [-0.25, -0.2) is 4.79 Å². The predicted molar refractivity (Wildman–Crippen MR) is 56.5 cm³/mol. The number of carbonyl (C=O) groups is 1. The Morgan fingerprint density at radius 3 is 3.00 bits per heavy atom. The Labute approximate surface area is 87.9 Å². The van der Waals surface area contributed by atoms with Crippen LogP contribution in [-0.4, -0.2) is 33.9 Å². The van der Waals surface area contributed by atoms with Gasteiger partial charge in [-0.1, -0.05) is 0 Å². The molecule has 0 aromatic carbocycles. The van der Waals surface area contributed by atoms with Crippen LogP contribution in [0, 0.1) is 0 Å². The fourth-order valence-corrected chi connectivity index (χ4v) is 1.28. The number of H-pyrrole nitrogens is 1. The highest BCUT2D eigenvalue weighted by Gasteiger charge is 2.16. The maximum absolute atomic E-state index is 10.9. The van der Waals surface area contributed by atoms with Crippen molar-refractivity contribution in [2.45, 2.75) is 25.3 Å². The molecule has 0 amide bonds. The topological polar surface area (TPSA) is 104 Å². The Hall–Kier alpha value is -1.56. The standard InChI is InChI=1S/C9H16N4O2/c10-4-2-1-3-8(9(14)15)13-7-5-11-12-6-7/h5-6,8,13H,1-4,10H2,(H,11,12)(H,14,15)/t8-/m0/s1. The molecule has 6 heteroatoms. The molecule has 1 rings (SSSR count). The molecule has 1 aromatic rings. The fourth-order valence-electron chi connectivity index (χ4n) is 1.28. The molecule has 0 spiro atoms. The predicted octanol–water partition coefficient (Wildman–Crippen LogP) is 0.404. The Kier molecular flexibility index (Phi) is 4.62. The third-order valence-electron chi connectivity index (χ3n) is 2.08. The summed E-state index contributed by atoms with van der Waals surface area (Å²) < 4.78 is 0. The van der Waals surface area contributed by atoms with Crippen molar-refractivity contribution in [3.8, 4) is 0 Å². The van der Waals surface area contributed by atoms with Gasteiger partial charge in [0.15, 0.2) is 0 Å².